The summed E-state index contributed by atoms with van der Waals surface area (Å²) in [5, 5.41) is 0. The molecule has 2 N–H and O–H groups in total. The molecule has 0 saturated carbocycles. The molecule has 19 heavy (non-hydrogen) atoms. The summed E-state index contributed by atoms with van der Waals surface area (Å²) in [6.45, 7) is 3.63. The van der Waals surface area contributed by atoms with Gasteiger partial charge in [-0.2, -0.15) is 0 Å². The maximum absolute atomic E-state index is 11.9. The van der Waals surface area contributed by atoms with E-state index in [1.165, 1.54) is 0 Å². The Kier molecular flexibility index (Phi) is 5.51. The van der Waals surface area contributed by atoms with Crippen molar-refractivity contribution in [2.24, 2.45) is 5.73 Å². The van der Waals surface area contributed by atoms with Gasteiger partial charge in [-0.1, -0.05) is 30.3 Å². The molecule has 1 rings (SSSR count). The van der Waals surface area contributed by atoms with Crippen LogP contribution in [0.15, 0.2) is 30.3 Å². The second-order valence-corrected chi connectivity index (χ2v) is 4.07. The molecule has 0 aliphatic rings. The highest BCUT2D eigenvalue weighted by molar-refractivity contribution is 6.05. The van der Waals surface area contributed by atoms with E-state index in [-0.39, 0.29) is 19.6 Å². The van der Waals surface area contributed by atoms with E-state index in [4.69, 9.17) is 15.2 Å². The molecule has 0 heterocycles. The van der Waals surface area contributed by atoms with Crippen LogP contribution >= 0.6 is 0 Å². The van der Waals surface area contributed by atoms with Gasteiger partial charge in [0.1, 0.15) is 0 Å². The molecule has 0 fully saturated rings. The van der Waals surface area contributed by atoms with E-state index in [0.717, 1.165) is 5.56 Å². The van der Waals surface area contributed by atoms with Crippen molar-refractivity contribution >= 4 is 11.9 Å². The van der Waals surface area contributed by atoms with Crippen molar-refractivity contribution in [3.63, 3.8) is 0 Å². The first kappa shape index (κ1) is 15.2. The summed E-state index contributed by atoms with van der Waals surface area (Å²) in [4.78, 5) is 23.9. The van der Waals surface area contributed by atoms with E-state index in [0.29, 0.717) is 0 Å². The third kappa shape index (κ3) is 3.79. The molecule has 104 valence electrons. The molecule has 0 unspecified atom stereocenters. The van der Waals surface area contributed by atoms with Gasteiger partial charge < -0.3 is 15.2 Å². The zero-order valence-electron chi connectivity index (χ0n) is 11.2. The van der Waals surface area contributed by atoms with Crippen molar-refractivity contribution in [3.8, 4) is 0 Å². The quantitative estimate of drug-likeness (QED) is 0.614. The lowest BCUT2D eigenvalue weighted by Crippen LogP contribution is -2.58. The third-order valence-corrected chi connectivity index (χ3v) is 2.61. The summed E-state index contributed by atoms with van der Waals surface area (Å²) in [7, 11) is 0. The largest absolute Gasteiger partial charge is 0.464 e. The number of rotatable bonds is 6. The summed E-state index contributed by atoms with van der Waals surface area (Å²) in [6, 6.07) is 9.05. The Labute approximate surface area is 112 Å². The Morgan fingerprint density at radius 1 is 1.05 bits per heavy atom. The first-order valence-corrected chi connectivity index (χ1v) is 6.21. The van der Waals surface area contributed by atoms with Gasteiger partial charge in [0.15, 0.2) is 0 Å². The number of carbonyl (C=O) groups is 2. The van der Waals surface area contributed by atoms with E-state index in [1.807, 2.05) is 18.2 Å². The molecule has 0 radical (unpaired) electrons. The molecule has 0 bridgehead atoms. The lowest BCUT2D eigenvalue weighted by Gasteiger charge is -2.24. The number of benzene rings is 1. The van der Waals surface area contributed by atoms with Crippen LogP contribution in [0, 0.1) is 0 Å². The van der Waals surface area contributed by atoms with Crippen molar-refractivity contribution in [3.05, 3.63) is 35.9 Å². The minimum atomic E-state index is -1.80. The van der Waals surface area contributed by atoms with Crippen molar-refractivity contribution in [1.29, 1.82) is 0 Å². The van der Waals surface area contributed by atoms with Crippen molar-refractivity contribution in [1.82, 2.24) is 0 Å². The number of hydrogen-bond acceptors (Lipinski definition) is 5. The number of carbonyl (C=O) groups excluding carboxylic acids is 2. The summed E-state index contributed by atoms with van der Waals surface area (Å²) in [6.07, 6.45) is 0.0471. The van der Waals surface area contributed by atoms with Gasteiger partial charge in [0, 0.05) is 6.42 Å². The van der Waals surface area contributed by atoms with Gasteiger partial charge in [-0.05, 0) is 19.4 Å². The van der Waals surface area contributed by atoms with Gasteiger partial charge in [0.25, 0.3) is 0 Å². The predicted molar refractivity (Wildman–Crippen MR) is 70.3 cm³/mol. The lowest BCUT2D eigenvalue weighted by molar-refractivity contribution is -0.163. The van der Waals surface area contributed by atoms with Crippen molar-refractivity contribution < 1.29 is 19.1 Å². The summed E-state index contributed by atoms with van der Waals surface area (Å²) in [5.41, 5.74) is 4.91. The molecule has 0 aliphatic heterocycles. The summed E-state index contributed by atoms with van der Waals surface area (Å²) >= 11 is 0. The molecular weight excluding hydrogens is 246 g/mol. The molecular formula is C14H19NO4. The highest BCUT2D eigenvalue weighted by Crippen LogP contribution is 2.15. The number of esters is 2. The maximum Gasteiger partial charge on any atom is 0.338 e. The van der Waals surface area contributed by atoms with E-state index in [2.05, 4.69) is 0 Å². The van der Waals surface area contributed by atoms with E-state index in [9.17, 15) is 9.59 Å². The number of nitrogens with two attached hydrogens (primary N) is 1. The van der Waals surface area contributed by atoms with Gasteiger partial charge in [-0.3, -0.25) is 0 Å². The van der Waals surface area contributed by atoms with E-state index in [1.54, 1.807) is 26.0 Å². The zero-order chi connectivity index (χ0) is 14.3. The Bertz CT molecular complexity index is 412. The Hall–Kier alpha value is -1.88. The fraction of sp³-hybridized carbons (Fsp3) is 0.429. The predicted octanol–water partition coefficient (Wildman–Crippen LogP) is 1.05. The first-order chi connectivity index (χ1) is 9.04. The van der Waals surface area contributed by atoms with Gasteiger partial charge in [-0.15, -0.1) is 0 Å². The molecule has 0 aromatic heterocycles. The fourth-order valence-electron chi connectivity index (χ4n) is 1.67. The standard InChI is InChI=1S/C14H19NO4/c1-3-18-12(16)14(15,13(17)19-4-2)10-11-8-6-5-7-9-11/h5-9H,3-4,10,15H2,1-2H3. The highest BCUT2D eigenvalue weighted by atomic mass is 16.6. The van der Waals surface area contributed by atoms with Crippen LogP contribution in [0.1, 0.15) is 19.4 Å². The molecule has 0 aliphatic carbocycles. The minimum absolute atomic E-state index is 0.0471. The number of hydrogen-bond donors (Lipinski definition) is 1. The SMILES string of the molecule is CCOC(=O)C(N)(Cc1ccccc1)C(=O)OCC. The van der Waals surface area contributed by atoms with Crippen molar-refractivity contribution in [2.75, 3.05) is 13.2 Å². The molecule has 5 heteroatoms. The van der Waals surface area contributed by atoms with Gasteiger partial charge in [0.05, 0.1) is 13.2 Å². The second-order valence-electron chi connectivity index (χ2n) is 4.07. The van der Waals surface area contributed by atoms with Crippen LogP contribution in [-0.4, -0.2) is 30.7 Å². The summed E-state index contributed by atoms with van der Waals surface area (Å²) in [5.74, 6) is -1.53. The van der Waals surface area contributed by atoms with E-state index < -0.39 is 17.5 Å². The minimum Gasteiger partial charge on any atom is -0.464 e. The van der Waals surface area contributed by atoms with Crippen LogP contribution in [0.4, 0.5) is 0 Å². The Balaban J connectivity index is 2.98. The smallest absolute Gasteiger partial charge is 0.338 e. The average Bonchev–Trinajstić information content (AvgIpc) is 2.40. The van der Waals surface area contributed by atoms with Crippen LogP contribution in [0.2, 0.25) is 0 Å². The molecule has 0 spiro atoms. The van der Waals surface area contributed by atoms with Crippen LogP contribution < -0.4 is 5.73 Å². The van der Waals surface area contributed by atoms with E-state index >= 15 is 0 Å². The molecule has 0 amide bonds. The van der Waals surface area contributed by atoms with Crippen LogP contribution in [0.3, 0.4) is 0 Å². The number of ether oxygens (including phenoxy) is 2. The molecule has 5 nitrogen and oxygen atoms in total. The molecule has 1 aromatic rings. The van der Waals surface area contributed by atoms with Gasteiger partial charge in [0.2, 0.25) is 5.54 Å². The zero-order valence-corrected chi connectivity index (χ0v) is 11.2. The van der Waals surface area contributed by atoms with Crippen LogP contribution in [0.25, 0.3) is 0 Å². The molecule has 0 saturated heterocycles. The fourth-order valence-corrected chi connectivity index (χ4v) is 1.67. The van der Waals surface area contributed by atoms with Crippen molar-refractivity contribution in [2.45, 2.75) is 25.8 Å². The van der Waals surface area contributed by atoms with Gasteiger partial charge in [-0.25, -0.2) is 9.59 Å². The van der Waals surface area contributed by atoms with Gasteiger partial charge >= 0.3 is 11.9 Å². The van der Waals surface area contributed by atoms with Crippen LogP contribution in [0.5, 0.6) is 0 Å². The Morgan fingerprint density at radius 2 is 1.53 bits per heavy atom. The first-order valence-electron chi connectivity index (χ1n) is 6.21. The summed E-state index contributed by atoms with van der Waals surface area (Å²) < 4.78 is 9.76. The highest BCUT2D eigenvalue weighted by Gasteiger charge is 2.45. The topological polar surface area (TPSA) is 78.6 Å². The normalized spacial score (nSPS) is 10.9. The molecule has 1 aromatic carbocycles. The van der Waals surface area contributed by atoms with Crippen LogP contribution in [-0.2, 0) is 25.5 Å². The average molecular weight is 265 g/mol. The maximum atomic E-state index is 11.9. The molecule has 0 atom stereocenters. The second kappa shape index (κ2) is 6.89. The lowest BCUT2D eigenvalue weighted by atomic mass is 9.92. The Morgan fingerprint density at radius 3 is 1.95 bits per heavy atom. The third-order valence-electron chi connectivity index (χ3n) is 2.61. The monoisotopic (exact) mass is 265 g/mol.